The molecule has 12 heavy (non-hydrogen) atoms. The zero-order valence-corrected chi connectivity index (χ0v) is 9.80. The molecule has 0 aliphatic rings. The predicted molar refractivity (Wildman–Crippen MR) is 53.5 cm³/mol. The van der Waals surface area contributed by atoms with E-state index in [1.165, 1.54) is 6.07 Å². The van der Waals surface area contributed by atoms with Gasteiger partial charge in [-0.05, 0) is 34.1 Å². The summed E-state index contributed by atoms with van der Waals surface area (Å²) in [6, 6.07) is 4.67. The maximum atomic E-state index is 10.8. The molecule has 0 spiro atoms. The second-order valence-electron chi connectivity index (χ2n) is 2.14. The summed E-state index contributed by atoms with van der Waals surface area (Å²) in [5.74, 6) is 0. The maximum Gasteiger partial charge on any atom is 0.357 e. The first-order chi connectivity index (χ1) is 5.41. The van der Waals surface area contributed by atoms with Crippen LogP contribution in [0.25, 0.3) is 0 Å². The van der Waals surface area contributed by atoms with Crippen molar-refractivity contribution < 1.29 is 14.4 Å². The van der Waals surface area contributed by atoms with Crippen LogP contribution in [-0.2, 0) is 4.57 Å². The van der Waals surface area contributed by atoms with Crippen LogP contribution in [0.2, 0.25) is 0 Å². The molecule has 1 rings (SSSR count). The zero-order valence-electron chi connectivity index (χ0n) is 5.74. The summed E-state index contributed by atoms with van der Waals surface area (Å²) in [5.41, 5.74) is 0. The molecule has 0 bridgehead atoms. The van der Waals surface area contributed by atoms with Crippen molar-refractivity contribution in [2.75, 3.05) is 0 Å². The molecule has 0 atom stereocenters. The van der Waals surface area contributed by atoms with E-state index in [1.807, 2.05) is 0 Å². The van der Waals surface area contributed by atoms with Crippen LogP contribution in [0.3, 0.4) is 0 Å². The number of hydrogen-bond donors (Lipinski definition) is 2. The smallest absolute Gasteiger partial charge is 0.321 e. The zero-order chi connectivity index (χ0) is 9.35. The Kier molecular flexibility index (Phi) is 3.12. The highest BCUT2D eigenvalue weighted by atomic mass is 79.9. The summed E-state index contributed by atoms with van der Waals surface area (Å²) in [4.78, 5) is 17.7. The van der Waals surface area contributed by atoms with Gasteiger partial charge >= 0.3 is 7.60 Å². The Morgan fingerprint density at radius 1 is 1.25 bits per heavy atom. The summed E-state index contributed by atoms with van der Waals surface area (Å²) in [5, 5.41) is -0.00289. The highest BCUT2D eigenvalue weighted by Gasteiger charge is 2.20. The van der Waals surface area contributed by atoms with Crippen molar-refractivity contribution in [3.8, 4) is 0 Å². The molecule has 66 valence electrons. The van der Waals surface area contributed by atoms with E-state index < -0.39 is 7.60 Å². The van der Waals surface area contributed by atoms with E-state index in [9.17, 15) is 4.57 Å². The molecule has 0 aliphatic carbocycles. The van der Waals surface area contributed by atoms with Crippen LogP contribution in [0.5, 0.6) is 0 Å². The molecular formula is C6H5Br2O3P. The van der Waals surface area contributed by atoms with Gasteiger partial charge in [-0.3, -0.25) is 4.57 Å². The van der Waals surface area contributed by atoms with Gasteiger partial charge < -0.3 is 9.79 Å². The van der Waals surface area contributed by atoms with Gasteiger partial charge in [0.25, 0.3) is 0 Å². The van der Waals surface area contributed by atoms with E-state index >= 15 is 0 Å². The van der Waals surface area contributed by atoms with E-state index in [1.54, 1.807) is 12.1 Å². The molecule has 0 aromatic heterocycles. The van der Waals surface area contributed by atoms with Crippen LogP contribution in [0.4, 0.5) is 0 Å². The molecule has 0 amide bonds. The van der Waals surface area contributed by atoms with Gasteiger partial charge in [0.1, 0.15) is 0 Å². The van der Waals surface area contributed by atoms with Gasteiger partial charge in [-0.1, -0.05) is 15.9 Å². The second kappa shape index (κ2) is 3.60. The normalized spacial score (nSPS) is 11.7. The van der Waals surface area contributed by atoms with Crippen LogP contribution >= 0.6 is 39.5 Å². The topological polar surface area (TPSA) is 57.5 Å². The molecule has 0 saturated carbocycles. The van der Waals surface area contributed by atoms with Crippen molar-refractivity contribution in [2.45, 2.75) is 0 Å². The third-order valence-corrected chi connectivity index (χ3v) is 3.71. The SMILES string of the molecule is O=P(O)(O)c1cc(Br)ccc1Br. The standard InChI is InChI=1S/C6H5Br2O3P/c7-4-1-2-5(8)6(3-4)12(9,10)11/h1-3H,(H2,9,10,11). The Morgan fingerprint density at radius 3 is 2.25 bits per heavy atom. The lowest BCUT2D eigenvalue weighted by atomic mass is 10.4. The second-order valence-corrected chi connectivity index (χ2v) is 5.48. The minimum atomic E-state index is -4.16. The summed E-state index contributed by atoms with van der Waals surface area (Å²) in [6.07, 6.45) is 0. The molecule has 1 aromatic carbocycles. The average molecular weight is 316 g/mol. The van der Waals surface area contributed by atoms with Crippen LogP contribution < -0.4 is 5.30 Å². The van der Waals surface area contributed by atoms with Gasteiger partial charge in [-0.15, -0.1) is 0 Å². The number of benzene rings is 1. The highest BCUT2D eigenvalue weighted by molar-refractivity contribution is 9.11. The fourth-order valence-corrected chi connectivity index (χ4v) is 2.85. The molecule has 6 heteroatoms. The lowest BCUT2D eigenvalue weighted by Crippen LogP contribution is -2.05. The fraction of sp³-hybridized carbons (Fsp3) is 0. The van der Waals surface area contributed by atoms with Crippen LogP contribution in [-0.4, -0.2) is 9.79 Å². The predicted octanol–water partition coefficient (Wildman–Crippen LogP) is 2.01. The summed E-state index contributed by atoms with van der Waals surface area (Å²) >= 11 is 6.18. The largest absolute Gasteiger partial charge is 0.357 e. The van der Waals surface area contributed by atoms with E-state index in [0.717, 1.165) is 0 Å². The molecule has 0 heterocycles. The van der Waals surface area contributed by atoms with Gasteiger partial charge in [0.2, 0.25) is 0 Å². The molecule has 0 unspecified atom stereocenters. The number of halogens is 2. The minimum absolute atomic E-state index is 0.00289. The van der Waals surface area contributed by atoms with Crippen molar-refractivity contribution in [1.82, 2.24) is 0 Å². The van der Waals surface area contributed by atoms with Gasteiger partial charge in [-0.2, -0.15) is 0 Å². The van der Waals surface area contributed by atoms with Crippen molar-refractivity contribution in [3.63, 3.8) is 0 Å². The quantitative estimate of drug-likeness (QED) is 0.780. The summed E-state index contributed by atoms with van der Waals surface area (Å²) in [6.45, 7) is 0. The maximum absolute atomic E-state index is 10.8. The van der Waals surface area contributed by atoms with Crippen LogP contribution in [0, 0.1) is 0 Å². The average Bonchev–Trinajstić information content (AvgIpc) is 1.92. The molecule has 2 N–H and O–H groups in total. The van der Waals surface area contributed by atoms with E-state index in [-0.39, 0.29) is 5.30 Å². The molecule has 0 aliphatic heterocycles. The molecule has 0 saturated heterocycles. The van der Waals surface area contributed by atoms with Gasteiger partial charge in [-0.25, -0.2) is 0 Å². The van der Waals surface area contributed by atoms with Gasteiger partial charge in [0, 0.05) is 8.95 Å². The first-order valence-corrected chi connectivity index (χ1v) is 6.12. The molecule has 1 aromatic rings. The lowest BCUT2D eigenvalue weighted by Gasteiger charge is -2.06. The summed E-state index contributed by atoms with van der Waals surface area (Å²) < 4.78 is 11.9. The van der Waals surface area contributed by atoms with E-state index in [4.69, 9.17) is 9.79 Å². The molecule has 0 radical (unpaired) electrons. The number of hydrogen-bond acceptors (Lipinski definition) is 1. The van der Waals surface area contributed by atoms with E-state index in [0.29, 0.717) is 8.95 Å². The summed E-state index contributed by atoms with van der Waals surface area (Å²) in [7, 11) is -4.16. The first kappa shape index (κ1) is 10.4. The van der Waals surface area contributed by atoms with Crippen molar-refractivity contribution in [1.29, 1.82) is 0 Å². The minimum Gasteiger partial charge on any atom is -0.321 e. The molecular weight excluding hydrogens is 311 g/mol. The van der Waals surface area contributed by atoms with E-state index in [2.05, 4.69) is 31.9 Å². The highest BCUT2D eigenvalue weighted by Crippen LogP contribution is 2.37. The molecule has 3 nitrogen and oxygen atoms in total. The Balaban J connectivity index is 3.33. The van der Waals surface area contributed by atoms with Gasteiger partial charge in [0.05, 0.1) is 5.30 Å². The van der Waals surface area contributed by atoms with Crippen molar-refractivity contribution in [2.24, 2.45) is 0 Å². The Morgan fingerprint density at radius 2 is 1.83 bits per heavy atom. The van der Waals surface area contributed by atoms with Crippen molar-refractivity contribution in [3.05, 3.63) is 27.1 Å². The third kappa shape index (κ3) is 2.41. The molecule has 0 fully saturated rings. The lowest BCUT2D eigenvalue weighted by molar-refractivity contribution is 0.387. The van der Waals surface area contributed by atoms with Crippen LogP contribution in [0.1, 0.15) is 0 Å². The first-order valence-electron chi connectivity index (χ1n) is 2.92. The number of rotatable bonds is 1. The Hall–Kier alpha value is 0.330. The monoisotopic (exact) mass is 314 g/mol. The van der Waals surface area contributed by atoms with Crippen molar-refractivity contribution >= 4 is 44.8 Å². The van der Waals surface area contributed by atoms with Crippen LogP contribution in [0.15, 0.2) is 27.1 Å². The third-order valence-electron chi connectivity index (χ3n) is 1.22. The van der Waals surface area contributed by atoms with Gasteiger partial charge in [0.15, 0.2) is 0 Å². The Bertz CT molecular complexity index is 347. The Labute approximate surface area is 86.2 Å². The fourth-order valence-electron chi connectivity index (χ4n) is 0.709.